The van der Waals surface area contributed by atoms with E-state index in [2.05, 4.69) is 15.9 Å². The number of nitrogens with one attached hydrogen (secondary N) is 1. The fourth-order valence-corrected chi connectivity index (χ4v) is 7.42. The Bertz CT molecular complexity index is 1070. The normalized spacial score (nSPS) is 15.9. The average Bonchev–Trinajstić information content (AvgIpc) is 3.19. The number of benzene rings is 3. The maximum absolute atomic E-state index is 13.2. The highest BCUT2D eigenvalue weighted by molar-refractivity contribution is 7.72. The van der Waals surface area contributed by atoms with Gasteiger partial charge < -0.3 is 14.1 Å². The molecule has 3 aromatic carbocycles. The third-order valence-corrected chi connectivity index (χ3v) is 9.04. The van der Waals surface area contributed by atoms with E-state index in [0.717, 1.165) is 16.9 Å². The molecule has 0 radical (unpaired) electrons. The van der Waals surface area contributed by atoms with Crippen molar-refractivity contribution in [3.05, 3.63) is 108 Å². The highest BCUT2D eigenvalue weighted by atomic mass is 31.2. The predicted molar refractivity (Wildman–Crippen MR) is 132 cm³/mol. The third-order valence-electron chi connectivity index (χ3n) is 5.72. The number of ether oxygens (including phenoxy) is 1. The summed E-state index contributed by atoms with van der Waals surface area (Å²) >= 11 is 0. The van der Waals surface area contributed by atoms with E-state index in [-0.39, 0.29) is 12.6 Å². The molecule has 1 N–H and O–H groups in total. The van der Waals surface area contributed by atoms with Crippen molar-refractivity contribution in [2.24, 2.45) is 0 Å². The van der Waals surface area contributed by atoms with E-state index in [0.29, 0.717) is 18.4 Å². The quantitative estimate of drug-likeness (QED) is 0.334. The van der Waals surface area contributed by atoms with Crippen LogP contribution in [0.1, 0.15) is 18.4 Å². The molecule has 0 amide bonds. The lowest BCUT2D eigenvalue weighted by Crippen LogP contribution is -2.26. The topological polar surface area (TPSA) is 56.6 Å². The number of carbonyl (C=O) groups is 1. The zero-order chi connectivity index (χ0) is 22.6. The van der Waals surface area contributed by atoms with E-state index < -0.39 is 13.3 Å². The molecule has 164 valence electrons. The smallest absolute Gasteiger partial charge is 0.318 e. The summed E-state index contributed by atoms with van der Waals surface area (Å²) in [5, 5.41) is 10.5. The number of para-hydroxylation sites is 2. The summed E-state index contributed by atoms with van der Waals surface area (Å²) in [6.45, 7) is 7.86. The zero-order valence-electron chi connectivity index (χ0n) is 18.2. The van der Waals surface area contributed by atoms with Crippen molar-refractivity contribution in [1.29, 1.82) is 5.16 Å². The van der Waals surface area contributed by atoms with Crippen LogP contribution in [0.3, 0.4) is 0 Å². The molecular weight excluding hydrogens is 417 g/mol. The van der Waals surface area contributed by atoms with Crippen molar-refractivity contribution < 1.29 is 9.53 Å². The van der Waals surface area contributed by atoms with Crippen molar-refractivity contribution in [2.75, 3.05) is 29.0 Å². The minimum atomic E-state index is -2.95. The average molecular weight is 446 g/mol. The summed E-state index contributed by atoms with van der Waals surface area (Å²) in [5.41, 5.74) is 2.73. The van der Waals surface area contributed by atoms with E-state index in [1.165, 1.54) is 0 Å². The minimum Gasteiger partial charge on any atom is -0.465 e. The molecule has 0 saturated carbocycles. The molecule has 3 aromatic rings. The molecule has 1 atom stereocenters. The first kappa shape index (κ1) is 21.9. The standard InChI is InChI=1S/C26H28N3O2P/c1-3-31-26(30)25(22-13-7-4-8-14-22)21(2)32(27)28(23-15-9-5-10-16-23)19-20-29(32)24-17-11-6-12-18-24/h4-18,25,27H,2-3,19-20H2,1H3. The van der Waals surface area contributed by atoms with Gasteiger partial charge >= 0.3 is 5.97 Å². The van der Waals surface area contributed by atoms with Gasteiger partial charge in [0, 0.05) is 29.8 Å². The highest BCUT2D eigenvalue weighted by Crippen LogP contribution is 2.68. The molecule has 1 heterocycles. The molecule has 1 fully saturated rings. The first-order valence-corrected chi connectivity index (χ1v) is 12.5. The molecule has 32 heavy (non-hydrogen) atoms. The van der Waals surface area contributed by atoms with Crippen molar-refractivity contribution in [2.45, 2.75) is 12.8 Å². The third kappa shape index (κ3) is 3.96. The van der Waals surface area contributed by atoms with Gasteiger partial charge in [0.2, 0.25) is 0 Å². The molecular formula is C26H28N3O2P. The Kier molecular flexibility index (Phi) is 6.48. The highest BCUT2D eigenvalue weighted by Gasteiger charge is 2.46. The van der Waals surface area contributed by atoms with E-state index in [1.807, 2.05) is 91.0 Å². The number of hydrogen-bond acceptors (Lipinski definition) is 3. The molecule has 0 aliphatic carbocycles. The lowest BCUT2D eigenvalue weighted by molar-refractivity contribution is -0.143. The Labute approximate surface area is 189 Å². The number of rotatable bonds is 7. The van der Waals surface area contributed by atoms with E-state index >= 15 is 0 Å². The Balaban J connectivity index is 1.85. The predicted octanol–water partition coefficient (Wildman–Crippen LogP) is 6.48. The van der Waals surface area contributed by atoms with E-state index in [4.69, 9.17) is 4.74 Å². The van der Waals surface area contributed by atoms with Crippen molar-refractivity contribution in [3.8, 4) is 0 Å². The Morgan fingerprint density at radius 3 is 1.78 bits per heavy atom. The minimum absolute atomic E-state index is 0.281. The maximum atomic E-state index is 13.2. The number of nitrogens with zero attached hydrogens (tertiary/aromatic N) is 2. The van der Waals surface area contributed by atoms with Crippen LogP contribution >= 0.6 is 7.36 Å². The van der Waals surface area contributed by atoms with Crippen molar-refractivity contribution >= 4 is 24.7 Å². The maximum Gasteiger partial charge on any atom is 0.318 e. The van der Waals surface area contributed by atoms with Gasteiger partial charge in [-0.3, -0.25) is 9.96 Å². The summed E-state index contributed by atoms with van der Waals surface area (Å²) in [5.74, 6) is -1.07. The van der Waals surface area contributed by atoms with E-state index in [9.17, 15) is 9.96 Å². The second-order valence-corrected chi connectivity index (χ2v) is 10.3. The molecule has 5 nitrogen and oxygen atoms in total. The zero-order valence-corrected chi connectivity index (χ0v) is 19.1. The number of carbonyl (C=O) groups excluding carboxylic acids is 1. The molecule has 1 aliphatic rings. The summed E-state index contributed by atoms with van der Waals surface area (Å²) < 4.78 is 9.71. The van der Waals surface area contributed by atoms with Gasteiger partial charge in [-0.05, 0) is 36.8 Å². The molecule has 0 bridgehead atoms. The number of anilines is 2. The van der Waals surface area contributed by atoms with Gasteiger partial charge in [0.15, 0.2) is 7.36 Å². The van der Waals surface area contributed by atoms with Gasteiger partial charge in [0.05, 0.1) is 6.61 Å². The summed E-state index contributed by atoms with van der Waals surface area (Å²) in [6.07, 6.45) is 0. The molecule has 0 spiro atoms. The molecule has 4 rings (SSSR count). The molecule has 6 heteroatoms. The van der Waals surface area contributed by atoms with Gasteiger partial charge in [0.25, 0.3) is 0 Å². The number of hydrogen-bond donors (Lipinski definition) is 1. The van der Waals surface area contributed by atoms with Crippen LogP contribution in [-0.2, 0) is 9.53 Å². The van der Waals surface area contributed by atoms with Gasteiger partial charge in [-0.2, -0.15) is 0 Å². The first-order chi connectivity index (χ1) is 15.6. The second kappa shape index (κ2) is 9.46. The Hall–Kier alpha value is -3.30. The van der Waals surface area contributed by atoms with Crippen LogP contribution in [-0.4, -0.2) is 25.7 Å². The second-order valence-electron chi connectivity index (χ2n) is 7.61. The van der Waals surface area contributed by atoms with Crippen molar-refractivity contribution in [3.63, 3.8) is 0 Å². The fourth-order valence-electron chi connectivity index (χ4n) is 4.23. The summed E-state index contributed by atoms with van der Waals surface area (Å²) in [6, 6.07) is 29.5. The molecule has 1 saturated heterocycles. The van der Waals surface area contributed by atoms with Crippen LogP contribution in [0.2, 0.25) is 0 Å². The van der Waals surface area contributed by atoms with E-state index in [1.54, 1.807) is 6.92 Å². The fraction of sp³-hybridized carbons (Fsp3) is 0.192. The van der Waals surface area contributed by atoms with Crippen LogP contribution in [0.5, 0.6) is 0 Å². The van der Waals surface area contributed by atoms with Gasteiger partial charge in [0.1, 0.15) is 5.92 Å². The Morgan fingerprint density at radius 1 is 0.906 bits per heavy atom. The van der Waals surface area contributed by atoms with Gasteiger partial charge in [-0.15, -0.1) is 0 Å². The summed E-state index contributed by atoms with van der Waals surface area (Å²) in [7, 11) is -2.95. The lowest BCUT2D eigenvalue weighted by Gasteiger charge is -2.39. The first-order valence-electron chi connectivity index (χ1n) is 10.8. The molecule has 1 aliphatic heterocycles. The van der Waals surface area contributed by atoms with Crippen molar-refractivity contribution in [1.82, 2.24) is 0 Å². The van der Waals surface area contributed by atoms with Crippen LogP contribution in [0, 0.1) is 5.16 Å². The molecule has 1 unspecified atom stereocenters. The van der Waals surface area contributed by atoms with Gasteiger partial charge in [-0.1, -0.05) is 73.3 Å². The summed E-state index contributed by atoms with van der Waals surface area (Å²) in [4.78, 5) is 13.2. The number of esters is 1. The SMILES string of the molecule is C=C(C(C(=O)OCC)c1ccccc1)P1(=N)N(c2ccccc2)CCN1c1ccccc1. The lowest BCUT2D eigenvalue weighted by atomic mass is 9.99. The largest absolute Gasteiger partial charge is 0.465 e. The monoisotopic (exact) mass is 445 g/mol. The Morgan fingerprint density at radius 2 is 1.34 bits per heavy atom. The van der Waals surface area contributed by atoms with Crippen LogP contribution in [0.25, 0.3) is 0 Å². The van der Waals surface area contributed by atoms with Crippen LogP contribution < -0.4 is 9.34 Å². The molecule has 0 aromatic heterocycles. The van der Waals surface area contributed by atoms with Gasteiger partial charge in [-0.25, -0.2) is 0 Å². The van der Waals surface area contributed by atoms with Crippen LogP contribution in [0.15, 0.2) is 103 Å². The van der Waals surface area contributed by atoms with Crippen LogP contribution in [0.4, 0.5) is 11.4 Å².